The van der Waals surface area contributed by atoms with E-state index in [0.29, 0.717) is 0 Å². The summed E-state index contributed by atoms with van der Waals surface area (Å²) in [6.07, 6.45) is 0. The molecule has 0 bridgehead atoms. The molecule has 0 aromatic carbocycles. The number of nitrogens with zero attached hydrogens (tertiary/aromatic N) is 1. The summed E-state index contributed by atoms with van der Waals surface area (Å²) in [5, 5.41) is 0. The molecule has 0 saturated carbocycles. The van der Waals surface area contributed by atoms with Crippen LogP contribution >= 0.6 is 0 Å². The predicted molar refractivity (Wildman–Crippen MR) is 180 cm³/mol. The Hall–Kier alpha value is 0.101. The first kappa shape index (κ1) is 46.1. The highest BCUT2D eigenvalue weighted by atomic mass is 32.3. The summed E-state index contributed by atoms with van der Waals surface area (Å²) in [6.45, 7) is 16.2. The minimum Gasteiger partial charge on any atom is -0.374 e. The minimum atomic E-state index is -5.10. The normalized spacial score (nSPS) is 14.0. The van der Waals surface area contributed by atoms with Gasteiger partial charge in [-0.05, 0) is 62.3 Å². The van der Waals surface area contributed by atoms with Crippen LogP contribution in [0.15, 0.2) is 0 Å². The molecule has 0 spiro atoms. The van der Waals surface area contributed by atoms with E-state index in [1.807, 2.05) is 0 Å². The van der Waals surface area contributed by atoms with Gasteiger partial charge in [0.25, 0.3) is 0 Å². The van der Waals surface area contributed by atoms with E-state index in [1.54, 1.807) is 62.3 Å². The summed E-state index contributed by atoms with van der Waals surface area (Å²) in [5.41, 5.74) is 0. The van der Waals surface area contributed by atoms with Gasteiger partial charge in [0.2, 0.25) is 30.1 Å². The van der Waals surface area contributed by atoms with Crippen molar-refractivity contribution in [3.05, 3.63) is 0 Å². The van der Waals surface area contributed by atoms with Crippen LogP contribution in [0.5, 0.6) is 0 Å². The Morgan fingerprint density at radius 3 is 0.630 bits per heavy atom. The maximum Gasteiger partial charge on any atom is 0.502 e. The summed E-state index contributed by atoms with van der Waals surface area (Å²) in [6, 6.07) is -1.17. The van der Waals surface area contributed by atoms with Crippen molar-refractivity contribution in [2.45, 2.75) is 80.4 Å². The molecule has 0 heterocycles. The first-order chi connectivity index (χ1) is 21.5. The fourth-order valence-electron chi connectivity index (χ4n) is 4.51. The molecule has 0 N–H and O–H groups in total. The molecule has 0 aliphatic carbocycles. The van der Waals surface area contributed by atoms with E-state index in [0.717, 1.165) is 0 Å². The Morgan fingerprint density at radius 1 is 0.348 bits per heavy atom. The average molecular weight is 780 g/mol. The van der Waals surface area contributed by atoms with Crippen molar-refractivity contribution in [1.82, 2.24) is 3.12 Å². The fourth-order valence-corrected chi connectivity index (χ4v) is 22.6. The summed E-state index contributed by atoms with van der Waals surface area (Å²) in [7, 11) is -26.2. The van der Waals surface area contributed by atoms with Gasteiger partial charge in [0.05, 0.1) is 17.3 Å². The van der Waals surface area contributed by atoms with E-state index in [9.17, 15) is 25.3 Å². The molecule has 278 valence electrons. The van der Waals surface area contributed by atoms with Crippen molar-refractivity contribution in [3.63, 3.8) is 0 Å². The molecule has 0 aliphatic heterocycles. The lowest BCUT2D eigenvalue weighted by Crippen LogP contribution is -2.53. The highest BCUT2D eigenvalue weighted by Crippen LogP contribution is 2.27. The second-order valence-corrected chi connectivity index (χ2v) is 24.0. The Morgan fingerprint density at radius 2 is 0.500 bits per heavy atom. The third kappa shape index (κ3) is 14.5. The molecule has 0 radical (unpaired) electrons. The molecule has 0 amide bonds. The van der Waals surface area contributed by atoms with E-state index in [4.69, 9.17) is 39.8 Å². The van der Waals surface area contributed by atoms with Crippen molar-refractivity contribution >= 4 is 56.5 Å². The summed E-state index contributed by atoms with van der Waals surface area (Å²) in [5.74, 6) is -2.85. The van der Waals surface area contributed by atoms with Gasteiger partial charge >= 0.3 is 26.4 Å². The average Bonchev–Trinajstić information content (AvgIpc) is 2.95. The highest BCUT2D eigenvalue weighted by Gasteiger charge is 2.52. The van der Waals surface area contributed by atoms with Gasteiger partial charge in [-0.2, -0.15) is 0 Å². The molecule has 0 rings (SSSR count). The van der Waals surface area contributed by atoms with Crippen LogP contribution < -0.4 is 0 Å². The van der Waals surface area contributed by atoms with E-state index in [-0.39, 0.29) is 62.6 Å². The lowest BCUT2D eigenvalue weighted by atomic mass is 10.9. The first-order valence-corrected chi connectivity index (χ1v) is 26.4. The van der Waals surface area contributed by atoms with Crippen molar-refractivity contribution in [2.24, 2.45) is 0 Å². The zero-order valence-electron chi connectivity index (χ0n) is 28.9. The second-order valence-electron chi connectivity index (χ2n) is 9.28. The predicted octanol–water partition coefficient (Wildman–Crippen LogP) is 2.42. The molecule has 0 fully saturated rings. The maximum absolute atomic E-state index is 13.9. The van der Waals surface area contributed by atoms with Gasteiger partial charge in [-0.25, -0.2) is 25.3 Å². The zero-order valence-corrected chi connectivity index (χ0v) is 34.4. The molecule has 0 atom stereocenters. The Kier molecular flexibility index (Phi) is 22.1. The van der Waals surface area contributed by atoms with Gasteiger partial charge in [0.1, 0.15) is 0 Å². The van der Waals surface area contributed by atoms with Gasteiger partial charge in [-0.1, -0.05) is 0 Å². The lowest BCUT2D eigenvalue weighted by molar-refractivity contribution is 0.0720. The standard InChI is InChI=1S/C24H57NO15S3Si3/c1-10-32-44(33-11-2,34-12-3)22-19-41(26,27)25(42(28,29)20-23-45(35-13-4,36-14-5)37-15-6)43(30,31)21-24-46(38-16-7,39-17-8)40-18-9/h10-24H2,1-9H3. The van der Waals surface area contributed by atoms with E-state index in [1.165, 1.54) is 0 Å². The molecule has 0 aromatic heterocycles. The molecule has 0 aromatic rings. The van der Waals surface area contributed by atoms with Crippen LogP contribution in [0.25, 0.3) is 0 Å². The SMILES string of the molecule is CCO[Si](CCS(=O)(=O)N(S(=O)(=O)CC[Si](OCC)(OCC)OCC)S(=O)(=O)CC[Si](OCC)(OCC)OCC)(OCC)OCC. The zero-order chi connectivity index (χ0) is 35.5. The molecule has 22 heteroatoms. The van der Waals surface area contributed by atoms with Crippen LogP contribution in [0.4, 0.5) is 0 Å². The molecule has 46 heavy (non-hydrogen) atoms. The van der Waals surface area contributed by atoms with Crippen molar-refractivity contribution < 1.29 is 65.1 Å². The Labute approximate surface area is 280 Å². The van der Waals surface area contributed by atoms with E-state index in [2.05, 4.69) is 0 Å². The van der Waals surface area contributed by atoms with Gasteiger partial charge in [-0.15, -0.1) is 0 Å². The molecular formula is C24H57NO15S3Si3. The van der Waals surface area contributed by atoms with Gasteiger partial charge < -0.3 is 39.8 Å². The Balaban J connectivity index is 6.96. The number of sulfonamides is 3. The van der Waals surface area contributed by atoms with Crippen molar-refractivity contribution in [1.29, 1.82) is 0 Å². The summed E-state index contributed by atoms with van der Waals surface area (Å²) < 4.78 is 135. The monoisotopic (exact) mass is 779 g/mol. The topological polar surface area (TPSA) is 189 Å². The van der Waals surface area contributed by atoms with Crippen LogP contribution in [-0.4, -0.2) is 132 Å². The molecule has 0 saturated heterocycles. The van der Waals surface area contributed by atoms with Gasteiger partial charge in [-0.3, -0.25) is 0 Å². The maximum atomic E-state index is 13.9. The lowest BCUT2D eigenvalue weighted by Gasteiger charge is -2.31. The minimum absolute atomic E-state index is 0.130. The fraction of sp³-hybridized carbons (Fsp3) is 1.00. The second kappa shape index (κ2) is 22.0. The molecule has 0 aliphatic rings. The third-order valence-corrected chi connectivity index (χ3v) is 23.8. The smallest absolute Gasteiger partial charge is 0.374 e. The number of hydrogen-bond donors (Lipinski definition) is 0. The first-order valence-electron chi connectivity index (χ1n) is 15.8. The van der Waals surface area contributed by atoms with E-state index >= 15 is 0 Å². The van der Waals surface area contributed by atoms with Crippen molar-refractivity contribution in [2.75, 3.05) is 76.7 Å². The van der Waals surface area contributed by atoms with Crippen LogP contribution in [-0.2, 0) is 69.9 Å². The Bertz CT molecular complexity index is 967. The quantitative estimate of drug-likeness (QED) is 0.0967. The molecule has 16 nitrogen and oxygen atoms in total. The largest absolute Gasteiger partial charge is 0.502 e. The third-order valence-electron chi connectivity index (χ3n) is 5.96. The molecular weight excluding hydrogens is 723 g/mol. The highest BCUT2D eigenvalue weighted by molar-refractivity contribution is 8.17. The van der Waals surface area contributed by atoms with Gasteiger partial charge in [0, 0.05) is 80.7 Å². The molecule has 0 unspecified atom stereocenters. The van der Waals surface area contributed by atoms with Crippen LogP contribution in [0, 0.1) is 0 Å². The van der Waals surface area contributed by atoms with E-state index < -0.39 is 91.9 Å². The van der Waals surface area contributed by atoms with Crippen LogP contribution in [0.2, 0.25) is 18.1 Å². The summed E-state index contributed by atoms with van der Waals surface area (Å²) >= 11 is 0. The number of hydrogen-bond acceptors (Lipinski definition) is 15. The summed E-state index contributed by atoms with van der Waals surface area (Å²) in [4.78, 5) is 0. The van der Waals surface area contributed by atoms with Crippen molar-refractivity contribution in [3.8, 4) is 0 Å². The van der Waals surface area contributed by atoms with Gasteiger partial charge in [0.15, 0.2) is 0 Å². The number of rotatable bonds is 30. The van der Waals surface area contributed by atoms with Crippen LogP contribution in [0.3, 0.4) is 0 Å². The van der Waals surface area contributed by atoms with Crippen LogP contribution in [0.1, 0.15) is 62.3 Å².